The number of aromatic nitrogens is 2. The molecule has 1 aliphatic heterocycles. The molecule has 1 saturated heterocycles. The average molecular weight is 380 g/mol. The maximum absolute atomic E-state index is 12.4. The molecular weight excluding hydrogens is 356 g/mol. The van der Waals surface area contributed by atoms with Gasteiger partial charge in [0.1, 0.15) is 5.75 Å². The lowest BCUT2D eigenvalue weighted by molar-refractivity contribution is -0.116. The van der Waals surface area contributed by atoms with Crippen molar-refractivity contribution in [1.29, 1.82) is 0 Å². The number of fused-ring (bicyclic) bond motifs is 1. The van der Waals surface area contributed by atoms with Gasteiger partial charge in [-0.2, -0.15) is 0 Å². The molecule has 7 nitrogen and oxygen atoms in total. The van der Waals surface area contributed by atoms with Crippen LogP contribution in [-0.2, 0) is 4.79 Å². The zero-order valence-corrected chi connectivity index (χ0v) is 15.8. The summed E-state index contributed by atoms with van der Waals surface area (Å²) in [5.74, 6) is 0.828. The van der Waals surface area contributed by atoms with Crippen molar-refractivity contribution in [2.45, 2.75) is 25.3 Å². The van der Waals surface area contributed by atoms with E-state index in [1.807, 2.05) is 12.1 Å². The van der Waals surface area contributed by atoms with Crippen LogP contribution in [0.2, 0.25) is 0 Å². The number of nitrogens with zero attached hydrogens (tertiary/aromatic N) is 1. The summed E-state index contributed by atoms with van der Waals surface area (Å²) in [5.41, 5.74) is 3.07. The number of methoxy groups -OCH3 is 1. The van der Waals surface area contributed by atoms with Gasteiger partial charge < -0.3 is 20.0 Å². The van der Waals surface area contributed by atoms with Crippen molar-refractivity contribution in [2.75, 3.05) is 25.5 Å². The van der Waals surface area contributed by atoms with Crippen molar-refractivity contribution < 1.29 is 9.53 Å². The number of carbonyl (C=O) groups is 1. The molecular formula is C21H24N4O3. The zero-order valence-electron chi connectivity index (χ0n) is 15.8. The number of carbonyl (C=O) groups excluding carboxylic acids is 1. The number of imidazole rings is 1. The summed E-state index contributed by atoms with van der Waals surface area (Å²) >= 11 is 0. The second kappa shape index (κ2) is 7.90. The van der Waals surface area contributed by atoms with Crippen LogP contribution in [0.1, 0.15) is 30.9 Å². The molecule has 1 fully saturated rings. The Morgan fingerprint density at radius 2 is 2.07 bits per heavy atom. The van der Waals surface area contributed by atoms with Gasteiger partial charge in [0.15, 0.2) is 0 Å². The van der Waals surface area contributed by atoms with Gasteiger partial charge >= 0.3 is 5.69 Å². The molecule has 146 valence electrons. The molecule has 1 aromatic heterocycles. The van der Waals surface area contributed by atoms with Gasteiger partial charge in [0.25, 0.3) is 0 Å². The van der Waals surface area contributed by atoms with Gasteiger partial charge in [-0.05, 0) is 55.3 Å². The van der Waals surface area contributed by atoms with Crippen LogP contribution in [0.25, 0.3) is 11.0 Å². The van der Waals surface area contributed by atoms with Gasteiger partial charge in [0.05, 0.1) is 18.1 Å². The Hall–Kier alpha value is -3.06. The predicted octanol–water partition coefficient (Wildman–Crippen LogP) is 3.03. The first-order valence-corrected chi connectivity index (χ1v) is 9.52. The Bertz CT molecular complexity index is 1040. The number of hydrogen-bond donors (Lipinski definition) is 3. The number of aromatic amines is 2. The lowest BCUT2D eigenvalue weighted by Crippen LogP contribution is -2.27. The Morgan fingerprint density at radius 1 is 1.21 bits per heavy atom. The fourth-order valence-corrected chi connectivity index (χ4v) is 3.90. The number of H-pyrrole nitrogens is 2. The molecule has 0 radical (unpaired) electrons. The highest BCUT2D eigenvalue weighted by Gasteiger charge is 2.26. The number of ether oxygens (including phenoxy) is 1. The minimum Gasteiger partial charge on any atom is -0.497 e. The topological polar surface area (TPSA) is 90.2 Å². The molecule has 1 aliphatic rings. The third kappa shape index (κ3) is 3.94. The maximum atomic E-state index is 12.4. The molecule has 0 spiro atoms. The van der Waals surface area contributed by atoms with Crippen LogP contribution in [0.3, 0.4) is 0 Å². The molecule has 4 rings (SSSR count). The van der Waals surface area contributed by atoms with E-state index in [1.54, 1.807) is 25.3 Å². The molecule has 3 N–H and O–H groups in total. The minimum absolute atomic E-state index is 0.0338. The molecule has 7 heteroatoms. The van der Waals surface area contributed by atoms with Gasteiger partial charge in [-0.25, -0.2) is 4.79 Å². The quantitative estimate of drug-likeness (QED) is 0.613. The standard InChI is InChI=1S/C21H24N4O3/c1-28-16-5-2-4-14(12-16)19-6-3-10-25(19)11-9-20(26)22-15-7-8-17-18(13-15)24-21(27)23-17/h2,4-5,7-8,12-13,19H,3,6,9-11H2,1H3,(H,22,26)(H2,23,24,27)/t19-/m0/s1. The largest absolute Gasteiger partial charge is 0.497 e. The molecule has 28 heavy (non-hydrogen) atoms. The molecule has 0 bridgehead atoms. The molecule has 1 amide bonds. The summed E-state index contributed by atoms with van der Waals surface area (Å²) < 4.78 is 5.34. The zero-order chi connectivity index (χ0) is 19.5. The SMILES string of the molecule is COc1cccc([C@@H]2CCCN2CCC(=O)Nc2ccc3[nH]c(=O)[nH]c3c2)c1. The molecule has 3 aromatic rings. The first-order chi connectivity index (χ1) is 13.6. The Labute approximate surface area is 162 Å². The second-order valence-electron chi connectivity index (χ2n) is 7.11. The number of hydrogen-bond acceptors (Lipinski definition) is 4. The summed E-state index contributed by atoms with van der Waals surface area (Å²) in [6, 6.07) is 13.8. The first-order valence-electron chi connectivity index (χ1n) is 9.52. The Balaban J connectivity index is 1.37. The molecule has 2 heterocycles. The van der Waals surface area contributed by atoms with Crippen LogP contribution in [0.15, 0.2) is 47.3 Å². The van der Waals surface area contributed by atoms with E-state index < -0.39 is 0 Å². The molecule has 0 saturated carbocycles. The number of anilines is 1. The smallest absolute Gasteiger partial charge is 0.323 e. The van der Waals surface area contributed by atoms with Crippen molar-refractivity contribution in [3.05, 3.63) is 58.5 Å². The minimum atomic E-state index is -0.254. The van der Waals surface area contributed by atoms with E-state index in [1.165, 1.54) is 5.56 Å². The van der Waals surface area contributed by atoms with Gasteiger partial charge in [-0.1, -0.05) is 12.1 Å². The highest BCUT2D eigenvalue weighted by molar-refractivity contribution is 5.93. The number of amides is 1. The monoisotopic (exact) mass is 380 g/mol. The van der Waals surface area contributed by atoms with Gasteiger partial charge in [0, 0.05) is 24.7 Å². The average Bonchev–Trinajstić information content (AvgIpc) is 3.31. The van der Waals surface area contributed by atoms with Crippen LogP contribution in [-0.4, -0.2) is 41.0 Å². The molecule has 2 aromatic carbocycles. The summed E-state index contributed by atoms with van der Waals surface area (Å²) in [5, 5.41) is 2.92. The van der Waals surface area contributed by atoms with Crippen molar-refractivity contribution in [2.24, 2.45) is 0 Å². The lowest BCUT2D eigenvalue weighted by Gasteiger charge is -2.25. The van der Waals surface area contributed by atoms with Gasteiger partial charge in [0.2, 0.25) is 5.91 Å². The van der Waals surface area contributed by atoms with E-state index >= 15 is 0 Å². The molecule has 0 unspecified atom stereocenters. The number of benzene rings is 2. The number of likely N-dealkylation sites (tertiary alicyclic amines) is 1. The Kier molecular flexibility index (Phi) is 5.16. The number of nitrogens with one attached hydrogen (secondary N) is 3. The lowest BCUT2D eigenvalue weighted by atomic mass is 10.0. The highest BCUT2D eigenvalue weighted by Crippen LogP contribution is 2.33. The normalized spacial score (nSPS) is 17.1. The van der Waals surface area contributed by atoms with E-state index in [-0.39, 0.29) is 11.6 Å². The van der Waals surface area contributed by atoms with Crippen LogP contribution in [0, 0.1) is 0 Å². The van der Waals surface area contributed by atoms with Crippen molar-refractivity contribution in [3.8, 4) is 5.75 Å². The van der Waals surface area contributed by atoms with E-state index in [0.29, 0.717) is 30.2 Å². The summed E-state index contributed by atoms with van der Waals surface area (Å²) in [4.78, 5) is 31.5. The highest BCUT2D eigenvalue weighted by atomic mass is 16.5. The van der Waals surface area contributed by atoms with E-state index in [0.717, 1.165) is 30.7 Å². The van der Waals surface area contributed by atoms with E-state index in [4.69, 9.17) is 4.74 Å². The van der Waals surface area contributed by atoms with E-state index in [2.05, 4.69) is 32.3 Å². The fraction of sp³-hybridized carbons (Fsp3) is 0.333. The van der Waals surface area contributed by atoms with Crippen molar-refractivity contribution in [1.82, 2.24) is 14.9 Å². The summed E-state index contributed by atoms with van der Waals surface area (Å²) in [7, 11) is 1.68. The molecule has 1 atom stereocenters. The van der Waals surface area contributed by atoms with E-state index in [9.17, 15) is 9.59 Å². The van der Waals surface area contributed by atoms with Crippen LogP contribution < -0.4 is 15.7 Å². The van der Waals surface area contributed by atoms with Crippen LogP contribution >= 0.6 is 0 Å². The van der Waals surface area contributed by atoms with Crippen LogP contribution in [0.4, 0.5) is 5.69 Å². The number of rotatable bonds is 6. The second-order valence-corrected chi connectivity index (χ2v) is 7.11. The van der Waals surface area contributed by atoms with Crippen molar-refractivity contribution >= 4 is 22.6 Å². The third-order valence-corrected chi connectivity index (χ3v) is 5.27. The predicted molar refractivity (Wildman–Crippen MR) is 109 cm³/mol. The molecule has 0 aliphatic carbocycles. The third-order valence-electron chi connectivity index (χ3n) is 5.27. The first kappa shape index (κ1) is 18.3. The summed E-state index contributed by atoms with van der Waals surface area (Å²) in [6.45, 7) is 1.70. The van der Waals surface area contributed by atoms with Gasteiger partial charge in [-0.3, -0.25) is 9.69 Å². The maximum Gasteiger partial charge on any atom is 0.323 e. The van der Waals surface area contributed by atoms with Crippen LogP contribution in [0.5, 0.6) is 5.75 Å². The van der Waals surface area contributed by atoms with Gasteiger partial charge in [-0.15, -0.1) is 0 Å². The Morgan fingerprint density at radius 3 is 2.93 bits per heavy atom. The summed E-state index contributed by atoms with van der Waals surface area (Å²) in [6.07, 6.45) is 2.63. The fourth-order valence-electron chi connectivity index (χ4n) is 3.90. The van der Waals surface area contributed by atoms with Crippen molar-refractivity contribution in [3.63, 3.8) is 0 Å².